The third-order valence-corrected chi connectivity index (χ3v) is 2.03. The number of hydrogen-bond acceptors (Lipinski definition) is 1. The third-order valence-electron chi connectivity index (χ3n) is 1.81. The summed E-state index contributed by atoms with van der Waals surface area (Å²) in [4.78, 5) is 14.2. The smallest absolute Gasteiger partial charge is 0.268 e. The lowest BCUT2D eigenvalue weighted by molar-refractivity contribution is 0.0940. The topological polar surface area (TPSA) is 44.9 Å². The zero-order valence-corrected chi connectivity index (χ0v) is 8.56. The van der Waals surface area contributed by atoms with Crippen LogP contribution in [-0.2, 0) is 0 Å². The van der Waals surface area contributed by atoms with Crippen molar-refractivity contribution in [1.82, 2.24) is 10.3 Å². The second-order valence-electron chi connectivity index (χ2n) is 2.83. The molecule has 0 aliphatic carbocycles. The predicted molar refractivity (Wildman–Crippen MR) is 56.2 cm³/mol. The lowest BCUT2D eigenvalue weighted by atomic mass is 10.2. The number of terminal acetylenes is 1. The number of hydrogen-bond donors (Lipinski definition) is 2. The van der Waals surface area contributed by atoms with E-state index in [-0.39, 0.29) is 11.9 Å². The number of amides is 1. The van der Waals surface area contributed by atoms with Crippen molar-refractivity contribution >= 4 is 17.5 Å². The van der Waals surface area contributed by atoms with E-state index < -0.39 is 0 Å². The highest BCUT2D eigenvalue weighted by atomic mass is 35.5. The van der Waals surface area contributed by atoms with Gasteiger partial charge in [-0.05, 0) is 12.5 Å². The largest absolute Gasteiger partial charge is 0.356 e. The summed E-state index contributed by atoms with van der Waals surface area (Å²) in [7, 11) is 0. The number of nitrogens with one attached hydrogen (secondary N) is 2. The summed E-state index contributed by atoms with van der Waals surface area (Å²) >= 11 is 5.66. The Morgan fingerprint density at radius 3 is 3.00 bits per heavy atom. The molecule has 0 aliphatic heterocycles. The van der Waals surface area contributed by atoms with E-state index in [4.69, 9.17) is 18.0 Å². The molecule has 1 atom stereocenters. The van der Waals surface area contributed by atoms with Crippen LogP contribution in [-0.4, -0.2) is 16.9 Å². The van der Waals surface area contributed by atoms with E-state index in [0.29, 0.717) is 17.1 Å². The zero-order chi connectivity index (χ0) is 10.6. The van der Waals surface area contributed by atoms with Crippen molar-refractivity contribution in [1.29, 1.82) is 0 Å². The first-order valence-electron chi connectivity index (χ1n) is 4.28. The van der Waals surface area contributed by atoms with E-state index in [1.165, 1.54) is 0 Å². The SMILES string of the molecule is C#CC(CC)NC(=O)c1cc(Cl)c[nH]1. The van der Waals surface area contributed by atoms with Crippen molar-refractivity contribution in [3.8, 4) is 12.3 Å². The lowest BCUT2D eigenvalue weighted by Crippen LogP contribution is -2.33. The summed E-state index contributed by atoms with van der Waals surface area (Å²) < 4.78 is 0. The Balaban J connectivity index is 2.64. The van der Waals surface area contributed by atoms with E-state index in [0.717, 1.165) is 0 Å². The van der Waals surface area contributed by atoms with Gasteiger partial charge in [-0.3, -0.25) is 4.79 Å². The molecule has 4 heteroatoms. The number of aromatic amines is 1. The van der Waals surface area contributed by atoms with Crippen molar-refractivity contribution in [2.24, 2.45) is 0 Å². The number of rotatable bonds is 3. The number of halogens is 1. The predicted octanol–water partition coefficient (Wildman–Crippen LogP) is 1.81. The minimum Gasteiger partial charge on any atom is -0.356 e. The molecule has 0 saturated heterocycles. The van der Waals surface area contributed by atoms with Crippen LogP contribution in [0, 0.1) is 12.3 Å². The van der Waals surface area contributed by atoms with Gasteiger partial charge in [-0.1, -0.05) is 24.4 Å². The fourth-order valence-corrected chi connectivity index (χ4v) is 1.16. The average Bonchev–Trinajstić information content (AvgIpc) is 2.61. The first-order valence-corrected chi connectivity index (χ1v) is 4.66. The van der Waals surface area contributed by atoms with Gasteiger partial charge in [0, 0.05) is 6.20 Å². The van der Waals surface area contributed by atoms with Crippen molar-refractivity contribution in [3.05, 3.63) is 23.0 Å². The Bertz CT molecular complexity index is 364. The van der Waals surface area contributed by atoms with Gasteiger partial charge in [0.2, 0.25) is 0 Å². The summed E-state index contributed by atoms with van der Waals surface area (Å²) in [5.74, 6) is 2.25. The molecular formula is C10H11ClN2O. The van der Waals surface area contributed by atoms with Gasteiger partial charge in [-0.2, -0.15) is 0 Å². The standard InChI is InChI=1S/C10H11ClN2O/c1-3-8(4-2)13-10(14)9-5-7(11)6-12-9/h1,5-6,8,12H,4H2,2H3,(H,13,14). The molecule has 1 unspecified atom stereocenters. The highest BCUT2D eigenvalue weighted by Gasteiger charge is 2.11. The van der Waals surface area contributed by atoms with Crippen molar-refractivity contribution < 1.29 is 4.79 Å². The molecule has 0 bridgehead atoms. The van der Waals surface area contributed by atoms with Crippen molar-refractivity contribution in [2.45, 2.75) is 19.4 Å². The summed E-state index contributed by atoms with van der Waals surface area (Å²) in [6.07, 6.45) is 7.47. The van der Waals surface area contributed by atoms with E-state index >= 15 is 0 Å². The molecule has 0 saturated carbocycles. The maximum atomic E-state index is 11.5. The van der Waals surface area contributed by atoms with E-state index in [1.807, 2.05) is 6.92 Å². The van der Waals surface area contributed by atoms with Gasteiger partial charge >= 0.3 is 0 Å². The van der Waals surface area contributed by atoms with Crippen LogP contribution in [0.1, 0.15) is 23.8 Å². The molecule has 0 aromatic carbocycles. The fraction of sp³-hybridized carbons (Fsp3) is 0.300. The molecule has 0 aliphatic rings. The van der Waals surface area contributed by atoms with Crippen molar-refractivity contribution in [3.63, 3.8) is 0 Å². The number of aromatic nitrogens is 1. The van der Waals surface area contributed by atoms with Gasteiger partial charge in [-0.15, -0.1) is 6.42 Å². The van der Waals surface area contributed by atoms with Gasteiger partial charge < -0.3 is 10.3 Å². The summed E-state index contributed by atoms with van der Waals surface area (Å²) in [6, 6.07) is 1.32. The number of carbonyl (C=O) groups is 1. The van der Waals surface area contributed by atoms with E-state index in [2.05, 4.69) is 16.2 Å². The minimum atomic E-state index is -0.235. The Morgan fingerprint density at radius 1 is 1.86 bits per heavy atom. The Kier molecular flexibility index (Phi) is 3.61. The molecule has 0 fully saturated rings. The Hall–Kier alpha value is -1.40. The molecule has 1 aromatic heterocycles. The highest BCUT2D eigenvalue weighted by molar-refractivity contribution is 6.30. The van der Waals surface area contributed by atoms with Gasteiger partial charge in [0.15, 0.2) is 0 Å². The van der Waals surface area contributed by atoms with Gasteiger partial charge in [0.25, 0.3) is 5.91 Å². The number of H-pyrrole nitrogens is 1. The quantitative estimate of drug-likeness (QED) is 0.735. The van der Waals surface area contributed by atoms with Crippen LogP contribution >= 0.6 is 11.6 Å². The summed E-state index contributed by atoms with van der Waals surface area (Å²) in [5.41, 5.74) is 0.420. The molecule has 1 rings (SSSR count). The lowest BCUT2D eigenvalue weighted by Gasteiger charge is -2.08. The first kappa shape index (κ1) is 10.7. The Labute approximate surface area is 87.8 Å². The maximum absolute atomic E-state index is 11.5. The molecule has 14 heavy (non-hydrogen) atoms. The average molecular weight is 211 g/mol. The van der Waals surface area contributed by atoms with Crippen LogP contribution in [0.15, 0.2) is 12.3 Å². The maximum Gasteiger partial charge on any atom is 0.268 e. The van der Waals surface area contributed by atoms with Gasteiger partial charge in [0.05, 0.1) is 11.1 Å². The van der Waals surface area contributed by atoms with Gasteiger partial charge in [0.1, 0.15) is 5.69 Å². The molecule has 1 heterocycles. The fourth-order valence-electron chi connectivity index (χ4n) is 0.997. The van der Waals surface area contributed by atoms with E-state index in [9.17, 15) is 4.79 Å². The first-order chi connectivity index (χ1) is 6.67. The van der Waals surface area contributed by atoms with E-state index in [1.54, 1.807) is 12.3 Å². The molecule has 2 N–H and O–H groups in total. The monoisotopic (exact) mass is 210 g/mol. The normalized spacial score (nSPS) is 11.8. The van der Waals surface area contributed by atoms with Crippen molar-refractivity contribution in [2.75, 3.05) is 0 Å². The molecule has 3 nitrogen and oxygen atoms in total. The molecular weight excluding hydrogens is 200 g/mol. The minimum absolute atomic E-state index is 0.232. The number of carbonyl (C=O) groups excluding carboxylic acids is 1. The summed E-state index contributed by atoms with van der Waals surface area (Å²) in [6.45, 7) is 1.91. The molecule has 74 valence electrons. The van der Waals surface area contributed by atoms with Crippen LogP contribution in [0.5, 0.6) is 0 Å². The van der Waals surface area contributed by atoms with Crippen LogP contribution < -0.4 is 5.32 Å². The third kappa shape index (κ3) is 2.54. The Morgan fingerprint density at radius 2 is 2.57 bits per heavy atom. The summed E-state index contributed by atoms with van der Waals surface area (Å²) in [5, 5.41) is 3.18. The van der Waals surface area contributed by atoms with Crippen LogP contribution in [0.2, 0.25) is 5.02 Å². The second-order valence-corrected chi connectivity index (χ2v) is 3.27. The van der Waals surface area contributed by atoms with Crippen LogP contribution in [0.4, 0.5) is 0 Å². The second kappa shape index (κ2) is 4.73. The molecule has 0 radical (unpaired) electrons. The van der Waals surface area contributed by atoms with Gasteiger partial charge in [-0.25, -0.2) is 0 Å². The highest BCUT2D eigenvalue weighted by Crippen LogP contribution is 2.09. The molecule has 0 spiro atoms. The molecule has 1 amide bonds. The van der Waals surface area contributed by atoms with Crippen LogP contribution in [0.25, 0.3) is 0 Å². The van der Waals surface area contributed by atoms with Crippen LogP contribution in [0.3, 0.4) is 0 Å². The zero-order valence-electron chi connectivity index (χ0n) is 7.80. The molecule has 1 aromatic rings.